The number of para-hydroxylation sites is 1. The molecule has 12 heteroatoms. The quantitative estimate of drug-likeness (QED) is 0.297. The Kier molecular flexibility index (Phi) is 8.05. The molecule has 5 rings (SSSR count). The molecule has 43 heavy (non-hydrogen) atoms. The number of nitrogens with one attached hydrogen (secondary N) is 1. The van der Waals surface area contributed by atoms with E-state index >= 15 is 0 Å². The van der Waals surface area contributed by atoms with Gasteiger partial charge in [0.2, 0.25) is 12.0 Å². The monoisotopic (exact) mass is 592 g/mol. The number of anilines is 1. The summed E-state index contributed by atoms with van der Waals surface area (Å²) in [4.78, 5) is 36.7. The van der Waals surface area contributed by atoms with Crippen molar-refractivity contribution in [3.63, 3.8) is 0 Å². The number of carboxylic acids is 1. The molecule has 2 heterocycles. The summed E-state index contributed by atoms with van der Waals surface area (Å²) in [7, 11) is 0. The van der Waals surface area contributed by atoms with Crippen molar-refractivity contribution in [1.82, 2.24) is 15.3 Å². The zero-order chi connectivity index (χ0) is 30.8. The molecule has 0 saturated heterocycles. The maximum atomic E-state index is 13.7. The third kappa shape index (κ3) is 6.28. The second kappa shape index (κ2) is 11.7. The van der Waals surface area contributed by atoms with Crippen molar-refractivity contribution < 1.29 is 37.3 Å². The number of ether oxygens (including phenoxy) is 2. The van der Waals surface area contributed by atoms with Crippen molar-refractivity contribution in [2.45, 2.75) is 38.4 Å². The average Bonchev–Trinajstić information content (AvgIpc) is 3.06. The average molecular weight is 593 g/mol. The number of carbonyl (C=O) groups is 2. The van der Waals surface area contributed by atoms with Gasteiger partial charge >= 0.3 is 18.3 Å². The highest BCUT2D eigenvalue weighted by Gasteiger charge is 2.52. The first-order valence-electron chi connectivity index (χ1n) is 13.2. The summed E-state index contributed by atoms with van der Waals surface area (Å²) in [6.45, 7) is 3.02. The number of benzene rings is 3. The third-order valence-electron chi connectivity index (χ3n) is 6.94. The molecule has 0 bridgehead atoms. The smallest absolute Gasteiger partial charge is 0.478 e. The van der Waals surface area contributed by atoms with Crippen LogP contribution in [-0.2, 0) is 21.7 Å². The largest absolute Gasteiger partial charge is 0.573 e. The van der Waals surface area contributed by atoms with Crippen LogP contribution in [0.15, 0.2) is 84.9 Å². The number of halogens is 3. The Balaban J connectivity index is 1.66. The Hall–Kier alpha value is -4.97. The van der Waals surface area contributed by atoms with Crippen molar-refractivity contribution in [1.29, 1.82) is 0 Å². The molecule has 3 aromatic carbocycles. The lowest BCUT2D eigenvalue weighted by atomic mass is 9.77. The van der Waals surface area contributed by atoms with Crippen molar-refractivity contribution in [2.24, 2.45) is 0 Å². The third-order valence-corrected chi connectivity index (χ3v) is 6.94. The molecule has 1 aliphatic rings. The van der Waals surface area contributed by atoms with Crippen molar-refractivity contribution in [2.75, 3.05) is 11.4 Å². The minimum atomic E-state index is -4.88. The fraction of sp³-hybridized carbons (Fsp3) is 0.226. The zero-order valence-electron chi connectivity index (χ0n) is 23.1. The van der Waals surface area contributed by atoms with Crippen LogP contribution in [0.3, 0.4) is 0 Å². The molecule has 1 amide bonds. The Bertz CT molecular complexity index is 1630. The minimum absolute atomic E-state index is 0.115. The van der Waals surface area contributed by atoms with Crippen LogP contribution in [0.5, 0.6) is 11.8 Å². The van der Waals surface area contributed by atoms with Gasteiger partial charge in [-0.2, -0.15) is 0 Å². The van der Waals surface area contributed by atoms with Gasteiger partial charge in [-0.3, -0.25) is 10.1 Å². The normalized spacial score (nSPS) is 17.5. The number of rotatable bonds is 8. The van der Waals surface area contributed by atoms with Gasteiger partial charge < -0.3 is 19.5 Å². The summed E-state index contributed by atoms with van der Waals surface area (Å²) in [5.74, 6) is -2.21. The summed E-state index contributed by atoms with van der Waals surface area (Å²) in [6, 6.07) is 22.4. The van der Waals surface area contributed by atoms with Crippen LogP contribution in [0.25, 0.3) is 0 Å². The highest BCUT2D eigenvalue weighted by molar-refractivity contribution is 5.97. The number of nitrogens with zero attached hydrogens (tertiary/aromatic N) is 3. The summed E-state index contributed by atoms with van der Waals surface area (Å²) >= 11 is 0. The van der Waals surface area contributed by atoms with Crippen molar-refractivity contribution in [3.05, 3.63) is 113 Å². The van der Waals surface area contributed by atoms with E-state index < -0.39 is 35.6 Å². The van der Waals surface area contributed by atoms with E-state index in [9.17, 15) is 27.9 Å². The standard InChI is InChI=1S/C31H27F3N4O5/c1-19-15-20(2)37-29(36-19)42-27(28(40)41)30(22-10-4-3-5-11-22)24-13-6-7-14-25(24)38(26(39)17-35-30)18-21-9-8-12-23(16-21)43-31(32,33)34/h3-16,27,35H,17-18H2,1-2H3,(H,40,41)/t27-,30+/m1/s1. The number of amides is 1. The Morgan fingerprint density at radius 1 is 1.00 bits per heavy atom. The molecule has 2 N–H and O–H groups in total. The molecule has 222 valence electrons. The van der Waals surface area contributed by atoms with Crippen molar-refractivity contribution in [3.8, 4) is 11.8 Å². The molecule has 0 unspecified atom stereocenters. The second-order valence-corrected chi connectivity index (χ2v) is 9.99. The fourth-order valence-electron chi connectivity index (χ4n) is 5.30. The number of carboxylic acid groups (broad SMARTS) is 1. The van der Waals surface area contributed by atoms with Crippen molar-refractivity contribution >= 4 is 17.6 Å². The Morgan fingerprint density at radius 3 is 2.35 bits per heavy atom. The van der Waals surface area contributed by atoms with Crippen LogP contribution < -0.4 is 19.7 Å². The van der Waals surface area contributed by atoms with Gasteiger partial charge in [-0.05, 0) is 49.2 Å². The molecule has 0 radical (unpaired) electrons. The molecule has 0 fully saturated rings. The van der Waals surface area contributed by atoms with E-state index in [2.05, 4.69) is 20.0 Å². The number of hydrogen-bond acceptors (Lipinski definition) is 7. The van der Waals surface area contributed by atoms with E-state index in [4.69, 9.17) is 4.74 Å². The van der Waals surface area contributed by atoms with Crippen LogP contribution in [0.1, 0.15) is 28.1 Å². The van der Waals surface area contributed by atoms with Gasteiger partial charge in [-0.1, -0.05) is 60.7 Å². The zero-order valence-corrected chi connectivity index (χ0v) is 23.1. The number of alkyl halides is 3. The van der Waals surface area contributed by atoms with Gasteiger partial charge in [-0.15, -0.1) is 13.2 Å². The topological polar surface area (TPSA) is 114 Å². The van der Waals surface area contributed by atoms with Crippen LogP contribution >= 0.6 is 0 Å². The second-order valence-electron chi connectivity index (χ2n) is 9.99. The van der Waals surface area contributed by atoms with Gasteiger partial charge in [0.15, 0.2) is 0 Å². The number of aliphatic carboxylic acids is 1. The SMILES string of the molecule is Cc1cc(C)nc(O[C@H](C(=O)O)[C@@]2(c3ccccc3)NCC(=O)N(Cc3cccc(OC(F)(F)F)c3)c3ccccc32)n1. The molecule has 1 aromatic heterocycles. The molecule has 1 aliphatic heterocycles. The molecule has 2 atom stereocenters. The number of fused-ring (bicyclic) bond motifs is 1. The number of hydrogen-bond donors (Lipinski definition) is 2. The van der Waals surface area contributed by atoms with Crippen LogP contribution in [0, 0.1) is 13.8 Å². The predicted octanol–water partition coefficient (Wildman–Crippen LogP) is 4.90. The Morgan fingerprint density at radius 2 is 1.67 bits per heavy atom. The van der Waals surface area contributed by atoms with Gasteiger partial charge in [0, 0.05) is 22.6 Å². The predicted molar refractivity (Wildman–Crippen MR) is 150 cm³/mol. The van der Waals surface area contributed by atoms with Gasteiger partial charge in [0.1, 0.15) is 11.3 Å². The van der Waals surface area contributed by atoms with Crippen LogP contribution in [-0.4, -0.2) is 46.0 Å². The first-order valence-corrected chi connectivity index (χ1v) is 13.2. The summed E-state index contributed by atoms with van der Waals surface area (Å²) in [6.07, 6.45) is -6.54. The molecule has 0 saturated carbocycles. The lowest BCUT2D eigenvalue weighted by Crippen LogP contribution is -2.58. The highest BCUT2D eigenvalue weighted by atomic mass is 19.4. The number of carbonyl (C=O) groups excluding carboxylic acids is 1. The van der Waals surface area contributed by atoms with E-state index in [0.717, 1.165) is 0 Å². The maximum absolute atomic E-state index is 13.7. The molecule has 0 aliphatic carbocycles. The number of aromatic nitrogens is 2. The lowest BCUT2D eigenvalue weighted by Gasteiger charge is -2.39. The number of aryl methyl sites for hydroxylation is 2. The molecule has 9 nitrogen and oxygen atoms in total. The van der Waals surface area contributed by atoms with Gasteiger partial charge in [0.25, 0.3) is 0 Å². The Labute approximate surface area is 244 Å². The van der Waals surface area contributed by atoms with E-state index in [1.807, 2.05) is 0 Å². The van der Waals surface area contributed by atoms with Crippen LogP contribution in [0.4, 0.5) is 18.9 Å². The fourth-order valence-corrected chi connectivity index (χ4v) is 5.30. The maximum Gasteiger partial charge on any atom is 0.573 e. The highest BCUT2D eigenvalue weighted by Crippen LogP contribution is 2.42. The summed E-state index contributed by atoms with van der Waals surface area (Å²) in [5, 5.41) is 13.8. The first-order chi connectivity index (χ1) is 20.5. The lowest BCUT2D eigenvalue weighted by molar-refractivity contribution is -0.274. The van der Waals surface area contributed by atoms with E-state index in [0.29, 0.717) is 33.8 Å². The molecule has 4 aromatic rings. The van der Waals surface area contributed by atoms with Gasteiger partial charge in [-0.25, -0.2) is 14.8 Å². The van der Waals surface area contributed by atoms with E-state index in [1.54, 1.807) is 80.6 Å². The molecular weight excluding hydrogens is 565 g/mol. The first kappa shape index (κ1) is 29.5. The van der Waals surface area contributed by atoms with Crippen LogP contribution in [0.2, 0.25) is 0 Å². The molecular formula is C31H27F3N4O5. The van der Waals surface area contributed by atoms with E-state index in [-0.39, 0.29) is 19.1 Å². The van der Waals surface area contributed by atoms with E-state index in [1.165, 1.54) is 23.1 Å². The molecule has 0 spiro atoms. The van der Waals surface area contributed by atoms with Gasteiger partial charge in [0.05, 0.1) is 13.1 Å². The summed E-state index contributed by atoms with van der Waals surface area (Å²) in [5.41, 5.74) is 1.13. The minimum Gasteiger partial charge on any atom is -0.478 e. The summed E-state index contributed by atoms with van der Waals surface area (Å²) < 4.78 is 48.7.